The van der Waals surface area contributed by atoms with Crippen LogP contribution in [0.2, 0.25) is 0 Å². The molecular formula is C18H20O3. The Bertz CT molecular complexity index is 644. The average Bonchev–Trinajstić information content (AvgIpc) is 2.46. The molecule has 0 saturated heterocycles. The second kappa shape index (κ2) is 6.00. The Kier molecular flexibility index (Phi) is 4.32. The van der Waals surface area contributed by atoms with Gasteiger partial charge < -0.3 is 9.84 Å². The zero-order valence-corrected chi connectivity index (χ0v) is 12.9. The van der Waals surface area contributed by atoms with Gasteiger partial charge in [-0.05, 0) is 55.5 Å². The van der Waals surface area contributed by atoms with Crippen LogP contribution in [0.25, 0.3) is 0 Å². The molecule has 0 aliphatic heterocycles. The summed E-state index contributed by atoms with van der Waals surface area (Å²) in [7, 11) is 0. The molecule has 2 aromatic carbocycles. The number of ether oxygens (including phenoxy) is 1. The van der Waals surface area contributed by atoms with Crippen molar-refractivity contribution in [2.24, 2.45) is 0 Å². The van der Waals surface area contributed by atoms with Crippen LogP contribution in [-0.2, 0) is 6.61 Å². The lowest BCUT2D eigenvalue weighted by Crippen LogP contribution is -2.09. The van der Waals surface area contributed by atoms with Gasteiger partial charge in [0.05, 0.1) is 5.56 Å². The van der Waals surface area contributed by atoms with Crippen molar-refractivity contribution < 1.29 is 14.6 Å². The number of benzene rings is 2. The molecule has 0 atom stereocenters. The van der Waals surface area contributed by atoms with Gasteiger partial charge in [0.15, 0.2) is 0 Å². The zero-order valence-electron chi connectivity index (χ0n) is 12.9. The van der Waals surface area contributed by atoms with Crippen molar-refractivity contribution in [2.75, 3.05) is 0 Å². The minimum atomic E-state index is -0.884. The Labute approximate surface area is 125 Å². The van der Waals surface area contributed by atoms with Crippen molar-refractivity contribution in [3.05, 3.63) is 63.7 Å². The predicted molar refractivity (Wildman–Crippen MR) is 83.1 cm³/mol. The van der Waals surface area contributed by atoms with E-state index >= 15 is 0 Å². The smallest absolute Gasteiger partial charge is 0.336 e. The molecule has 0 fully saturated rings. The maximum absolute atomic E-state index is 11.4. The number of rotatable bonds is 4. The first-order valence-corrected chi connectivity index (χ1v) is 6.93. The van der Waals surface area contributed by atoms with Crippen LogP contribution in [0.5, 0.6) is 5.75 Å². The fourth-order valence-corrected chi connectivity index (χ4v) is 2.55. The minimum absolute atomic E-state index is 0.386. The normalized spacial score (nSPS) is 10.5. The molecule has 3 heteroatoms. The van der Waals surface area contributed by atoms with Gasteiger partial charge in [0, 0.05) is 0 Å². The summed E-state index contributed by atoms with van der Waals surface area (Å²) in [6.07, 6.45) is 0. The summed E-state index contributed by atoms with van der Waals surface area (Å²) in [6.45, 7) is 7.97. The zero-order chi connectivity index (χ0) is 15.6. The number of aromatic carboxylic acids is 1. The summed E-state index contributed by atoms with van der Waals surface area (Å²) in [5.41, 5.74) is 4.81. The van der Waals surface area contributed by atoms with Crippen LogP contribution in [0.1, 0.15) is 38.2 Å². The molecule has 21 heavy (non-hydrogen) atoms. The first-order valence-electron chi connectivity index (χ1n) is 6.93. The molecular weight excluding hydrogens is 264 g/mol. The molecule has 0 aliphatic rings. The molecule has 0 amide bonds. The number of carboxylic acid groups (broad SMARTS) is 1. The highest BCUT2D eigenvalue weighted by Gasteiger charge is 2.19. The van der Waals surface area contributed by atoms with E-state index in [0.717, 1.165) is 33.6 Å². The quantitative estimate of drug-likeness (QED) is 0.915. The first kappa shape index (κ1) is 15.1. The van der Waals surface area contributed by atoms with E-state index in [9.17, 15) is 9.90 Å². The van der Waals surface area contributed by atoms with Gasteiger partial charge in [-0.15, -0.1) is 0 Å². The fourth-order valence-electron chi connectivity index (χ4n) is 2.55. The van der Waals surface area contributed by atoms with Crippen LogP contribution in [0.4, 0.5) is 0 Å². The first-order chi connectivity index (χ1) is 9.93. The molecule has 0 spiro atoms. The number of carboxylic acids is 1. The van der Waals surface area contributed by atoms with E-state index in [1.54, 1.807) is 0 Å². The third-order valence-electron chi connectivity index (χ3n) is 4.00. The highest BCUT2D eigenvalue weighted by molar-refractivity contribution is 5.92. The lowest BCUT2D eigenvalue weighted by Gasteiger charge is -2.19. The molecule has 2 aromatic rings. The van der Waals surface area contributed by atoms with Gasteiger partial charge in [0.25, 0.3) is 0 Å². The minimum Gasteiger partial charge on any atom is -0.488 e. The molecule has 0 radical (unpaired) electrons. The van der Waals surface area contributed by atoms with Gasteiger partial charge in [-0.3, -0.25) is 0 Å². The predicted octanol–water partition coefficient (Wildman–Crippen LogP) is 4.20. The maximum atomic E-state index is 11.4. The van der Waals surface area contributed by atoms with E-state index in [1.807, 2.05) is 58.0 Å². The Morgan fingerprint density at radius 1 is 0.952 bits per heavy atom. The molecule has 2 rings (SSSR count). The Morgan fingerprint density at radius 3 is 1.95 bits per heavy atom. The van der Waals surface area contributed by atoms with Crippen molar-refractivity contribution >= 4 is 5.97 Å². The summed E-state index contributed by atoms with van der Waals surface area (Å²) >= 11 is 0. The third-order valence-corrected chi connectivity index (χ3v) is 4.00. The van der Waals surface area contributed by atoms with Crippen LogP contribution < -0.4 is 4.74 Å². The Balaban J connectivity index is 2.39. The lowest BCUT2D eigenvalue weighted by molar-refractivity contribution is 0.0695. The van der Waals surface area contributed by atoms with Gasteiger partial charge >= 0.3 is 5.97 Å². The summed E-state index contributed by atoms with van der Waals surface area (Å²) in [6, 6.07) is 9.94. The number of carbonyl (C=O) groups is 1. The van der Waals surface area contributed by atoms with Crippen molar-refractivity contribution in [2.45, 2.75) is 34.3 Å². The highest BCUT2D eigenvalue weighted by atomic mass is 16.5. The average molecular weight is 284 g/mol. The standard InChI is InChI=1S/C18H20O3/c1-11-13(3)17(14(4)12(2)16(11)18(19)20)21-10-15-8-6-5-7-9-15/h5-9H,10H2,1-4H3,(H,19,20). The molecule has 3 nitrogen and oxygen atoms in total. The molecule has 1 N–H and O–H groups in total. The van der Waals surface area contributed by atoms with Crippen LogP contribution in [0.3, 0.4) is 0 Å². The maximum Gasteiger partial charge on any atom is 0.336 e. The van der Waals surface area contributed by atoms with Gasteiger partial charge in [-0.2, -0.15) is 0 Å². The van der Waals surface area contributed by atoms with E-state index in [0.29, 0.717) is 12.2 Å². The second-order valence-electron chi connectivity index (χ2n) is 5.28. The third kappa shape index (κ3) is 2.92. The second-order valence-corrected chi connectivity index (χ2v) is 5.28. The molecule has 0 heterocycles. The van der Waals surface area contributed by atoms with E-state index in [2.05, 4.69) is 0 Å². The summed E-state index contributed by atoms with van der Waals surface area (Å²) in [4.78, 5) is 11.4. The van der Waals surface area contributed by atoms with E-state index in [1.165, 1.54) is 0 Å². The van der Waals surface area contributed by atoms with Crippen LogP contribution in [-0.4, -0.2) is 11.1 Å². The van der Waals surface area contributed by atoms with Crippen LogP contribution in [0, 0.1) is 27.7 Å². The molecule has 0 aliphatic carbocycles. The SMILES string of the molecule is Cc1c(C)c(C(=O)O)c(C)c(C)c1OCc1ccccc1. The molecule has 0 aromatic heterocycles. The van der Waals surface area contributed by atoms with Crippen molar-refractivity contribution in [3.8, 4) is 5.75 Å². The van der Waals surface area contributed by atoms with Crippen molar-refractivity contribution in [3.63, 3.8) is 0 Å². The molecule has 110 valence electrons. The van der Waals surface area contributed by atoms with E-state index in [-0.39, 0.29) is 0 Å². The van der Waals surface area contributed by atoms with Crippen molar-refractivity contribution in [1.82, 2.24) is 0 Å². The number of hydrogen-bond donors (Lipinski definition) is 1. The number of hydrogen-bond acceptors (Lipinski definition) is 2. The Hall–Kier alpha value is -2.29. The van der Waals surface area contributed by atoms with E-state index < -0.39 is 5.97 Å². The van der Waals surface area contributed by atoms with Crippen LogP contribution >= 0.6 is 0 Å². The van der Waals surface area contributed by atoms with Gasteiger partial charge in [0.2, 0.25) is 0 Å². The Morgan fingerprint density at radius 2 is 1.48 bits per heavy atom. The van der Waals surface area contributed by atoms with Gasteiger partial charge in [-0.25, -0.2) is 4.79 Å². The molecule has 0 saturated carbocycles. The van der Waals surface area contributed by atoms with Crippen LogP contribution in [0.15, 0.2) is 30.3 Å². The fraction of sp³-hybridized carbons (Fsp3) is 0.278. The van der Waals surface area contributed by atoms with Gasteiger partial charge in [0.1, 0.15) is 12.4 Å². The lowest BCUT2D eigenvalue weighted by atomic mass is 9.93. The monoisotopic (exact) mass is 284 g/mol. The largest absolute Gasteiger partial charge is 0.488 e. The summed E-state index contributed by atoms with van der Waals surface area (Å²) in [5, 5.41) is 9.35. The molecule has 0 bridgehead atoms. The molecule has 0 unspecified atom stereocenters. The topological polar surface area (TPSA) is 46.5 Å². The summed E-state index contributed by atoms with van der Waals surface area (Å²) < 4.78 is 5.96. The highest BCUT2D eigenvalue weighted by Crippen LogP contribution is 2.33. The summed E-state index contributed by atoms with van der Waals surface area (Å²) in [5.74, 6) is -0.0929. The van der Waals surface area contributed by atoms with E-state index in [4.69, 9.17) is 4.74 Å². The van der Waals surface area contributed by atoms with Gasteiger partial charge in [-0.1, -0.05) is 30.3 Å². The van der Waals surface area contributed by atoms with Crippen molar-refractivity contribution in [1.29, 1.82) is 0 Å².